The molecule has 0 aromatic heterocycles. The molecule has 1 aliphatic rings. The summed E-state index contributed by atoms with van der Waals surface area (Å²) >= 11 is 0. The highest BCUT2D eigenvalue weighted by atomic mass is 32.2. The fourth-order valence-electron chi connectivity index (χ4n) is 4.17. The molecule has 3 rings (SSSR count). The molecule has 7 nitrogen and oxygen atoms in total. The Kier molecular flexibility index (Phi) is 7.92. The van der Waals surface area contributed by atoms with E-state index in [0.717, 1.165) is 16.8 Å². The first-order valence-corrected chi connectivity index (χ1v) is 12.9. The van der Waals surface area contributed by atoms with E-state index < -0.39 is 16.1 Å². The lowest BCUT2D eigenvalue weighted by atomic mass is 10.0. The average molecular weight is 472 g/mol. The van der Waals surface area contributed by atoms with Crippen LogP contribution in [0.15, 0.2) is 53.4 Å². The second-order valence-corrected chi connectivity index (χ2v) is 10.6. The van der Waals surface area contributed by atoms with Crippen molar-refractivity contribution in [1.29, 1.82) is 0 Å². The number of likely N-dealkylation sites (N-methyl/N-ethyl adjacent to an activating group) is 1. The summed E-state index contributed by atoms with van der Waals surface area (Å²) in [6.45, 7) is 8.76. The number of carbonyl (C=O) groups is 2. The van der Waals surface area contributed by atoms with E-state index in [1.165, 1.54) is 13.0 Å². The van der Waals surface area contributed by atoms with Crippen LogP contribution < -0.4 is 9.62 Å². The first kappa shape index (κ1) is 24.9. The number of nitrogens with zero attached hydrogens (tertiary/aromatic N) is 2. The van der Waals surface area contributed by atoms with Crippen molar-refractivity contribution in [3.63, 3.8) is 0 Å². The van der Waals surface area contributed by atoms with Crippen LogP contribution in [0.3, 0.4) is 0 Å². The zero-order chi connectivity index (χ0) is 24.2. The van der Waals surface area contributed by atoms with Gasteiger partial charge < -0.3 is 9.80 Å². The first-order chi connectivity index (χ1) is 15.6. The van der Waals surface area contributed by atoms with E-state index in [0.29, 0.717) is 32.5 Å². The van der Waals surface area contributed by atoms with Gasteiger partial charge in [0, 0.05) is 32.2 Å². The highest BCUT2D eigenvalue weighted by molar-refractivity contribution is 7.89. The molecule has 2 aromatic rings. The summed E-state index contributed by atoms with van der Waals surface area (Å²) in [5, 5.41) is 0. The van der Waals surface area contributed by atoms with Crippen molar-refractivity contribution in [2.45, 2.75) is 58.0 Å². The maximum atomic E-state index is 13.4. The predicted octanol–water partition coefficient (Wildman–Crippen LogP) is 3.34. The predicted molar refractivity (Wildman–Crippen MR) is 129 cm³/mol. The summed E-state index contributed by atoms with van der Waals surface area (Å²) in [4.78, 5) is 28.6. The van der Waals surface area contributed by atoms with Gasteiger partial charge >= 0.3 is 0 Å². The molecule has 2 amide bonds. The van der Waals surface area contributed by atoms with Gasteiger partial charge in [-0.25, -0.2) is 8.42 Å². The van der Waals surface area contributed by atoms with Gasteiger partial charge in [-0.05, 0) is 55.0 Å². The molecule has 1 N–H and O–H groups in total. The van der Waals surface area contributed by atoms with Crippen LogP contribution in [0.2, 0.25) is 0 Å². The van der Waals surface area contributed by atoms with Gasteiger partial charge in [0.2, 0.25) is 21.8 Å². The van der Waals surface area contributed by atoms with Crippen LogP contribution in [0, 0.1) is 5.92 Å². The number of hydrogen-bond acceptors (Lipinski definition) is 4. The third-order valence-electron chi connectivity index (χ3n) is 5.85. The van der Waals surface area contributed by atoms with Crippen molar-refractivity contribution >= 4 is 27.5 Å². The summed E-state index contributed by atoms with van der Waals surface area (Å²) < 4.78 is 29.2. The SMILES string of the molecule is CCN(Cc1ccccc1)C(=O)[C@@H](CC(C)C)NS(=O)(=O)c1ccc2c(c1)CCN2C(C)=O. The van der Waals surface area contributed by atoms with Crippen LogP contribution in [0.1, 0.15) is 45.2 Å². The van der Waals surface area contributed by atoms with Crippen molar-refractivity contribution < 1.29 is 18.0 Å². The molecular formula is C25H33N3O4S. The number of hydrogen-bond donors (Lipinski definition) is 1. The van der Waals surface area contributed by atoms with Crippen LogP contribution in [0.5, 0.6) is 0 Å². The molecule has 8 heteroatoms. The van der Waals surface area contributed by atoms with Crippen LogP contribution in [0.4, 0.5) is 5.69 Å². The number of carbonyl (C=O) groups excluding carboxylic acids is 2. The maximum Gasteiger partial charge on any atom is 0.241 e. The third kappa shape index (κ3) is 6.00. The minimum Gasteiger partial charge on any atom is -0.337 e. The van der Waals surface area contributed by atoms with Crippen molar-refractivity contribution in [2.75, 3.05) is 18.0 Å². The maximum absolute atomic E-state index is 13.4. The highest BCUT2D eigenvalue weighted by Gasteiger charge is 2.31. The lowest BCUT2D eigenvalue weighted by molar-refractivity contribution is -0.133. The van der Waals surface area contributed by atoms with Gasteiger partial charge in [-0.3, -0.25) is 9.59 Å². The number of fused-ring (bicyclic) bond motifs is 1. The van der Waals surface area contributed by atoms with E-state index in [2.05, 4.69) is 4.72 Å². The molecule has 1 atom stereocenters. The molecule has 33 heavy (non-hydrogen) atoms. The molecule has 2 aromatic carbocycles. The zero-order valence-electron chi connectivity index (χ0n) is 19.7. The summed E-state index contributed by atoms with van der Waals surface area (Å²) in [6.07, 6.45) is 1.000. The standard InChI is InChI=1S/C25H33N3O4S/c1-5-27(17-20-9-7-6-8-10-20)25(30)23(15-18(2)3)26-33(31,32)22-11-12-24-21(16-22)13-14-28(24)19(4)29/h6-12,16,18,23,26H,5,13-15,17H2,1-4H3/t23-/m1/s1. The zero-order valence-corrected chi connectivity index (χ0v) is 20.6. The van der Waals surface area contributed by atoms with Crippen LogP contribution in [0.25, 0.3) is 0 Å². The average Bonchev–Trinajstić information content (AvgIpc) is 3.20. The molecule has 0 aliphatic carbocycles. The van der Waals surface area contributed by atoms with E-state index in [1.54, 1.807) is 21.9 Å². The van der Waals surface area contributed by atoms with Gasteiger partial charge in [0.25, 0.3) is 0 Å². The van der Waals surface area contributed by atoms with Gasteiger partial charge in [-0.1, -0.05) is 44.2 Å². The van der Waals surface area contributed by atoms with E-state index >= 15 is 0 Å². The number of nitrogens with one attached hydrogen (secondary N) is 1. The third-order valence-corrected chi connectivity index (χ3v) is 7.32. The Morgan fingerprint density at radius 2 is 1.82 bits per heavy atom. The molecule has 0 saturated heterocycles. The molecule has 0 unspecified atom stereocenters. The monoisotopic (exact) mass is 471 g/mol. The Morgan fingerprint density at radius 1 is 1.12 bits per heavy atom. The van der Waals surface area contributed by atoms with E-state index in [1.807, 2.05) is 51.1 Å². The van der Waals surface area contributed by atoms with Crippen LogP contribution in [-0.2, 0) is 32.6 Å². The van der Waals surface area contributed by atoms with E-state index in [9.17, 15) is 18.0 Å². The van der Waals surface area contributed by atoms with E-state index in [4.69, 9.17) is 0 Å². The quantitative estimate of drug-likeness (QED) is 0.608. The Hall–Kier alpha value is -2.71. The minimum atomic E-state index is -3.92. The molecule has 0 bridgehead atoms. The van der Waals surface area contributed by atoms with Gasteiger partial charge in [-0.15, -0.1) is 0 Å². The smallest absolute Gasteiger partial charge is 0.241 e. The fraction of sp³-hybridized carbons (Fsp3) is 0.440. The molecular weight excluding hydrogens is 438 g/mol. The number of sulfonamides is 1. The number of benzene rings is 2. The largest absolute Gasteiger partial charge is 0.337 e. The second-order valence-electron chi connectivity index (χ2n) is 8.85. The highest BCUT2D eigenvalue weighted by Crippen LogP contribution is 2.30. The molecule has 0 saturated carbocycles. The molecule has 0 spiro atoms. The summed E-state index contributed by atoms with van der Waals surface area (Å²) in [7, 11) is -3.92. The lowest BCUT2D eigenvalue weighted by Crippen LogP contribution is -2.48. The van der Waals surface area contributed by atoms with Gasteiger partial charge in [0.15, 0.2) is 0 Å². The van der Waals surface area contributed by atoms with Gasteiger partial charge in [-0.2, -0.15) is 4.72 Å². The second kappa shape index (κ2) is 10.5. The normalized spacial score (nSPS) is 14.3. The minimum absolute atomic E-state index is 0.0665. The summed E-state index contributed by atoms with van der Waals surface area (Å²) in [5.74, 6) is -0.174. The number of anilines is 1. The Balaban J connectivity index is 1.83. The summed E-state index contributed by atoms with van der Waals surface area (Å²) in [6, 6.07) is 13.6. The first-order valence-electron chi connectivity index (χ1n) is 11.4. The van der Waals surface area contributed by atoms with Crippen LogP contribution >= 0.6 is 0 Å². The van der Waals surface area contributed by atoms with Crippen molar-refractivity contribution in [1.82, 2.24) is 9.62 Å². The lowest BCUT2D eigenvalue weighted by Gasteiger charge is -2.28. The van der Waals surface area contributed by atoms with E-state index in [-0.39, 0.29) is 22.6 Å². The molecule has 0 radical (unpaired) electrons. The van der Waals surface area contributed by atoms with Crippen molar-refractivity contribution in [2.24, 2.45) is 5.92 Å². The van der Waals surface area contributed by atoms with Crippen LogP contribution in [-0.4, -0.2) is 44.3 Å². The van der Waals surface area contributed by atoms with Gasteiger partial charge in [0.05, 0.1) is 4.90 Å². The topological polar surface area (TPSA) is 86.8 Å². The Labute approximate surface area is 196 Å². The molecule has 0 fully saturated rings. The van der Waals surface area contributed by atoms with Gasteiger partial charge in [0.1, 0.15) is 6.04 Å². The molecule has 1 aliphatic heterocycles. The van der Waals surface area contributed by atoms with Crippen molar-refractivity contribution in [3.05, 3.63) is 59.7 Å². The number of rotatable bonds is 9. The Morgan fingerprint density at radius 3 is 2.42 bits per heavy atom. The Bertz CT molecular complexity index is 1100. The molecule has 178 valence electrons. The number of amides is 2. The molecule has 1 heterocycles. The summed E-state index contributed by atoms with van der Waals surface area (Å²) in [5.41, 5.74) is 2.56. The fourth-order valence-corrected chi connectivity index (χ4v) is 5.42. The van der Waals surface area contributed by atoms with Crippen molar-refractivity contribution in [3.8, 4) is 0 Å².